The SMILES string of the molecule is CC1SC(c2ccc(OC/C=C/c3ccccc3)cc2)SC1C. The Balaban J connectivity index is 1.51. The molecular weight excluding hydrogens is 320 g/mol. The van der Waals surface area contributed by atoms with Crippen LogP contribution in [0.5, 0.6) is 5.75 Å². The quantitative estimate of drug-likeness (QED) is 0.656. The molecule has 1 nitrogen and oxygen atoms in total. The molecule has 0 aromatic heterocycles. The molecule has 3 heteroatoms. The summed E-state index contributed by atoms with van der Waals surface area (Å²) in [5.41, 5.74) is 2.59. The van der Waals surface area contributed by atoms with Crippen molar-refractivity contribution in [3.63, 3.8) is 0 Å². The summed E-state index contributed by atoms with van der Waals surface area (Å²) in [5.74, 6) is 0.931. The number of ether oxygens (including phenoxy) is 1. The molecule has 0 radical (unpaired) electrons. The van der Waals surface area contributed by atoms with Crippen LogP contribution in [-0.2, 0) is 0 Å². The van der Waals surface area contributed by atoms with Crippen LogP contribution in [-0.4, -0.2) is 17.1 Å². The Morgan fingerprint density at radius 1 is 0.913 bits per heavy atom. The van der Waals surface area contributed by atoms with Crippen LogP contribution >= 0.6 is 23.5 Å². The van der Waals surface area contributed by atoms with Crippen molar-refractivity contribution in [2.75, 3.05) is 6.61 Å². The lowest BCUT2D eigenvalue weighted by molar-refractivity contribution is 0.363. The molecule has 1 saturated heterocycles. The summed E-state index contributed by atoms with van der Waals surface area (Å²) < 4.78 is 6.35. The van der Waals surface area contributed by atoms with E-state index in [-0.39, 0.29) is 0 Å². The molecule has 2 aromatic carbocycles. The van der Waals surface area contributed by atoms with Crippen molar-refractivity contribution in [1.29, 1.82) is 0 Å². The summed E-state index contributed by atoms with van der Waals surface area (Å²) in [6, 6.07) is 18.9. The minimum absolute atomic E-state index is 0.562. The van der Waals surface area contributed by atoms with Crippen molar-refractivity contribution in [3.8, 4) is 5.75 Å². The first-order valence-electron chi connectivity index (χ1n) is 7.97. The Kier molecular flexibility index (Phi) is 5.74. The first-order valence-corrected chi connectivity index (χ1v) is 9.86. The molecule has 1 fully saturated rings. The first kappa shape index (κ1) is 16.5. The molecule has 120 valence electrons. The molecule has 2 aromatic rings. The van der Waals surface area contributed by atoms with Gasteiger partial charge in [0.1, 0.15) is 12.4 Å². The van der Waals surface area contributed by atoms with Gasteiger partial charge in [-0.1, -0.05) is 62.4 Å². The van der Waals surface area contributed by atoms with E-state index in [1.54, 1.807) is 0 Å². The maximum atomic E-state index is 5.79. The van der Waals surface area contributed by atoms with Crippen molar-refractivity contribution in [1.82, 2.24) is 0 Å². The summed E-state index contributed by atoms with van der Waals surface area (Å²) in [6.45, 7) is 5.23. The van der Waals surface area contributed by atoms with Gasteiger partial charge in [0.15, 0.2) is 0 Å². The van der Waals surface area contributed by atoms with Crippen LogP contribution in [0.15, 0.2) is 60.7 Å². The Morgan fingerprint density at radius 2 is 1.57 bits per heavy atom. The highest BCUT2D eigenvalue weighted by Gasteiger charge is 2.30. The lowest BCUT2D eigenvalue weighted by Crippen LogP contribution is -2.04. The van der Waals surface area contributed by atoms with E-state index in [0.29, 0.717) is 11.2 Å². The third kappa shape index (κ3) is 4.58. The van der Waals surface area contributed by atoms with E-state index >= 15 is 0 Å². The van der Waals surface area contributed by atoms with Gasteiger partial charge in [0.05, 0.1) is 4.58 Å². The molecule has 0 N–H and O–H groups in total. The zero-order valence-corrected chi connectivity index (χ0v) is 15.1. The van der Waals surface area contributed by atoms with Gasteiger partial charge in [-0.05, 0) is 29.3 Å². The van der Waals surface area contributed by atoms with Crippen LogP contribution in [0.2, 0.25) is 0 Å². The Hall–Kier alpha value is -1.32. The monoisotopic (exact) mass is 342 g/mol. The van der Waals surface area contributed by atoms with Crippen molar-refractivity contribution in [2.24, 2.45) is 0 Å². The standard InChI is InChI=1S/C20H22OS2/c1-15-16(2)23-20(22-15)18-10-12-19(13-11-18)21-14-6-9-17-7-4-3-5-8-17/h3-13,15-16,20H,14H2,1-2H3/b9-6+. The highest BCUT2D eigenvalue weighted by molar-refractivity contribution is 8.20. The lowest BCUT2D eigenvalue weighted by Gasteiger charge is -2.10. The van der Waals surface area contributed by atoms with Gasteiger partial charge in [-0.2, -0.15) is 0 Å². The van der Waals surface area contributed by atoms with E-state index in [4.69, 9.17) is 4.74 Å². The third-order valence-electron chi connectivity index (χ3n) is 3.95. The van der Waals surface area contributed by atoms with E-state index < -0.39 is 0 Å². The van der Waals surface area contributed by atoms with Gasteiger partial charge in [-0.25, -0.2) is 0 Å². The molecule has 2 atom stereocenters. The van der Waals surface area contributed by atoms with Crippen LogP contribution in [0.25, 0.3) is 6.08 Å². The van der Waals surface area contributed by atoms with Crippen molar-refractivity contribution in [2.45, 2.75) is 28.9 Å². The van der Waals surface area contributed by atoms with Gasteiger partial charge in [-0.3, -0.25) is 0 Å². The van der Waals surface area contributed by atoms with Gasteiger partial charge >= 0.3 is 0 Å². The molecule has 0 bridgehead atoms. The maximum Gasteiger partial charge on any atom is 0.119 e. The highest BCUT2D eigenvalue weighted by Crippen LogP contribution is 2.53. The van der Waals surface area contributed by atoms with E-state index in [9.17, 15) is 0 Å². The third-order valence-corrected chi connectivity index (χ3v) is 7.50. The fraction of sp³-hybridized carbons (Fsp3) is 0.300. The van der Waals surface area contributed by atoms with Crippen LogP contribution in [0.3, 0.4) is 0 Å². The van der Waals surface area contributed by atoms with Crippen LogP contribution in [0.1, 0.15) is 29.6 Å². The predicted octanol–water partition coefficient (Wildman–Crippen LogP) is 6.03. The topological polar surface area (TPSA) is 9.23 Å². The molecule has 23 heavy (non-hydrogen) atoms. The Bertz CT molecular complexity index is 626. The van der Waals surface area contributed by atoms with E-state index in [0.717, 1.165) is 16.2 Å². The molecular formula is C20H22OS2. The fourth-order valence-corrected chi connectivity index (χ4v) is 5.96. The van der Waals surface area contributed by atoms with Gasteiger partial charge in [-0.15, -0.1) is 23.5 Å². The smallest absolute Gasteiger partial charge is 0.119 e. The van der Waals surface area contributed by atoms with E-state index in [1.807, 2.05) is 18.2 Å². The van der Waals surface area contributed by atoms with Gasteiger partial charge in [0.2, 0.25) is 0 Å². The number of hydrogen-bond acceptors (Lipinski definition) is 3. The molecule has 0 amide bonds. The second-order valence-corrected chi connectivity index (χ2v) is 8.98. The molecule has 1 aliphatic rings. The normalized spacial score (nSPS) is 24.2. The highest BCUT2D eigenvalue weighted by atomic mass is 32.2. The predicted molar refractivity (Wildman–Crippen MR) is 104 cm³/mol. The maximum absolute atomic E-state index is 5.79. The van der Waals surface area contributed by atoms with Gasteiger partial charge in [0.25, 0.3) is 0 Å². The van der Waals surface area contributed by atoms with Gasteiger partial charge < -0.3 is 4.74 Å². The molecule has 1 aliphatic heterocycles. The lowest BCUT2D eigenvalue weighted by atomic mass is 10.2. The Labute approximate surface area is 147 Å². The summed E-state index contributed by atoms with van der Waals surface area (Å²) >= 11 is 4.13. The Morgan fingerprint density at radius 3 is 2.22 bits per heavy atom. The molecule has 3 rings (SSSR count). The van der Waals surface area contributed by atoms with E-state index in [1.165, 1.54) is 11.1 Å². The van der Waals surface area contributed by atoms with Crippen LogP contribution in [0.4, 0.5) is 0 Å². The van der Waals surface area contributed by atoms with Crippen molar-refractivity contribution < 1.29 is 4.74 Å². The number of hydrogen-bond donors (Lipinski definition) is 0. The molecule has 0 saturated carbocycles. The number of thioether (sulfide) groups is 2. The zero-order valence-electron chi connectivity index (χ0n) is 13.5. The second-order valence-electron chi connectivity index (χ2n) is 5.71. The van der Waals surface area contributed by atoms with Crippen molar-refractivity contribution in [3.05, 3.63) is 71.8 Å². The number of benzene rings is 2. The summed E-state index contributed by atoms with van der Waals surface area (Å²) in [7, 11) is 0. The summed E-state index contributed by atoms with van der Waals surface area (Å²) in [4.78, 5) is 0. The second kappa shape index (κ2) is 7.98. The molecule has 1 heterocycles. The molecule has 0 spiro atoms. The summed E-state index contributed by atoms with van der Waals surface area (Å²) in [6.07, 6.45) is 4.14. The minimum atomic E-state index is 0.562. The average Bonchev–Trinajstić information content (AvgIpc) is 2.92. The van der Waals surface area contributed by atoms with Gasteiger partial charge in [0, 0.05) is 10.5 Å². The molecule has 2 unspecified atom stereocenters. The number of rotatable bonds is 5. The average molecular weight is 343 g/mol. The minimum Gasteiger partial charge on any atom is -0.490 e. The van der Waals surface area contributed by atoms with Crippen LogP contribution < -0.4 is 4.74 Å². The first-order chi connectivity index (χ1) is 11.2. The molecule has 0 aliphatic carbocycles. The van der Waals surface area contributed by atoms with Crippen LogP contribution in [0, 0.1) is 0 Å². The largest absolute Gasteiger partial charge is 0.490 e. The van der Waals surface area contributed by atoms with E-state index in [2.05, 4.69) is 85.9 Å². The fourth-order valence-electron chi connectivity index (χ4n) is 2.41. The zero-order chi connectivity index (χ0) is 16.1. The van der Waals surface area contributed by atoms with Crippen molar-refractivity contribution >= 4 is 29.6 Å². The summed E-state index contributed by atoms with van der Waals surface area (Å²) in [5, 5.41) is 1.45.